The molecular weight excluding hydrogens is 312 g/mol. The molecule has 0 spiro atoms. The van der Waals surface area contributed by atoms with Crippen molar-refractivity contribution < 1.29 is 22.4 Å². The first-order valence-electron chi connectivity index (χ1n) is 6.51. The number of carbonyl (C=O) groups is 1. The molecule has 0 saturated carbocycles. The third-order valence-corrected chi connectivity index (χ3v) is 3.15. The normalized spacial score (nSPS) is 12.5. The maximum absolute atomic E-state index is 12.8. The number of Topliss-reactive ketones (excluding diaryl/α,β-unsaturated/α-hetero) is 1. The smallest absolute Gasteiger partial charge is 0.297 e. The van der Waals surface area contributed by atoms with Crippen molar-refractivity contribution in [3.05, 3.63) is 65.2 Å². The lowest BCUT2D eigenvalue weighted by atomic mass is 9.95. The summed E-state index contributed by atoms with van der Waals surface area (Å²) in [5, 5.41) is 9.11. The fourth-order valence-corrected chi connectivity index (χ4v) is 1.95. The van der Waals surface area contributed by atoms with E-state index in [4.69, 9.17) is 5.26 Å². The van der Waals surface area contributed by atoms with Gasteiger partial charge in [-0.05, 0) is 29.8 Å². The van der Waals surface area contributed by atoms with Gasteiger partial charge >= 0.3 is 6.18 Å². The van der Waals surface area contributed by atoms with Crippen LogP contribution >= 0.6 is 0 Å². The molecule has 0 amide bonds. The van der Waals surface area contributed by atoms with Gasteiger partial charge in [-0.3, -0.25) is 9.78 Å². The number of carbonyl (C=O) groups excluding carboxylic acids is 1. The van der Waals surface area contributed by atoms with Gasteiger partial charge in [-0.2, -0.15) is 18.4 Å². The van der Waals surface area contributed by atoms with Crippen LogP contribution in [0.5, 0.6) is 0 Å². The highest BCUT2D eigenvalue weighted by Crippen LogP contribution is 2.29. The third-order valence-electron chi connectivity index (χ3n) is 3.15. The Morgan fingerprint density at radius 2 is 1.83 bits per heavy atom. The number of aromatic nitrogens is 1. The summed E-state index contributed by atoms with van der Waals surface area (Å²) >= 11 is 0. The lowest BCUT2D eigenvalue weighted by Gasteiger charge is -2.10. The van der Waals surface area contributed by atoms with E-state index in [0.29, 0.717) is 11.8 Å². The first kappa shape index (κ1) is 16.6. The number of hydrogen-bond donors (Lipinski definition) is 0. The molecule has 0 aliphatic carbocycles. The molecule has 0 radical (unpaired) electrons. The second-order valence-corrected chi connectivity index (χ2v) is 4.80. The molecule has 0 aliphatic rings. The molecule has 0 unspecified atom stereocenters. The van der Waals surface area contributed by atoms with E-state index in [0.717, 1.165) is 12.1 Å². The van der Waals surface area contributed by atoms with Crippen LogP contribution in [0.3, 0.4) is 0 Å². The molecule has 0 fully saturated rings. The highest BCUT2D eigenvalue weighted by Gasteiger charge is 2.31. The minimum absolute atomic E-state index is 0.0485. The topological polar surface area (TPSA) is 53.8 Å². The summed E-state index contributed by atoms with van der Waals surface area (Å²) in [6.45, 7) is 0. The predicted octanol–water partition coefficient (Wildman–Crippen LogP) is 3.66. The van der Waals surface area contributed by atoms with Crippen molar-refractivity contribution in [2.24, 2.45) is 0 Å². The molecular formula is C16H10F4N2O. The first-order chi connectivity index (χ1) is 10.8. The molecule has 1 aromatic carbocycles. The van der Waals surface area contributed by atoms with Gasteiger partial charge in [-0.15, -0.1) is 0 Å². The van der Waals surface area contributed by atoms with Gasteiger partial charge in [0, 0.05) is 12.6 Å². The lowest BCUT2D eigenvalue weighted by molar-refractivity contribution is -0.137. The number of halogens is 4. The Kier molecular flexibility index (Phi) is 4.74. The van der Waals surface area contributed by atoms with Crippen LogP contribution in [0.25, 0.3) is 0 Å². The summed E-state index contributed by atoms with van der Waals surface area (Å²) in [6, 6.07) is 8.70. The van der Waals surface area contributed by atoms with Crippen molar-refractivity contribution in [2.75, 3.05) is 0 Å². The number of nitriles is 1. The number of ketones is 1. The fourth-order valence-electron chi connectivity index (χ4n) is 1.95. The minimum atomic E-state index is -4.54. The van der Waals surface area contributed by atoms with Crippen molar-refractivity contribution in [1.82, 2.24) is 4.98 Å². The van der Waals surface area contributed by atoms with Crippen molar-refractivity contribution in [3.63, 3.8) is 0 Å². The van der Waals surface area contributed by atoms with E-state index in [9.17, 15) is 22.4 Å². The lowest BCUT2D eigenvalue weighted by Crippen LogP contribution is -2.15. The molecule has 1 heterocycles. The molecule has 118 valence electrons. The average molecular weight is 322 g/mol. The van der Waals surface area contributed by atoms with Gasteiger partial charge in [0.25, 0.3) is 0 Å². The fraction of sp³-hybridized carbons (Fsp3) is 0.188. The zero-order valence-electron chi connectivity index (χ0n) is 11.6. The van der Waals surface area contributed by atoms with Gasteiger partial charge in [0.05, 0.1) is 17.3 Å². The van der Waals surface area contributed by atoms with Crippen molar-refractivity contribution >= 4 is 5.78 Å². The van der Waals surface area contributed by atoms with E-state index in [2.05, 4.69) is 4.98 Å². The number of nitrogens with zero attached hydrogens (tertiary/aromatic N) is 2. The minimum Gasteiger partial charge on any atom is -0.297 e. The zero-order valence-corrected chi connectivity index (χ0v) is 11.6. The molecule has 0 bridgehead atoms. The number of rotatable bonds is 4. The van der Waals surface area contributed by atoms with Crippen LogP contribution in [0, 0.1) is 17.1 Å². The summed E-state index contributed by atoms with van der Waals surface area (Å²) in [5.41, 5.74) is -0.500. The van der Waals surface area contributed by atoms with Gasteiger partial charge in [0.2, 0.25) is 0 Å². The van der Waals surface area contributed by atoms with Crippen LogP contribution in [-0.2, 0) is 17.4 Å². The van der Waals surface area contributed by atoms with Gasteiger partial charge in [0.15, 0.2) is 5.78 Å². The first-order valence-corrected chi connectivity index (χ1v) is 6.51. The second-order valence-electron chi connectivity index (χ2n) is 4.80. The van der Waals surface area contributed by atoms with Crippen LogP contribution in [0.15, 0.2) is 42.6 Å². The predicted molar refractivity (Wildman–Crippen MR) is 72.7 cm³/mol. The molecule has 7 heteroatoms. The van der Waals surface area contributed by atoms with E-state index in [1.807, 2.05) is 0 Å². The summed E-state index contributed by atoms with van der Waals surface area (Å²) in [7, 11) is 0. The maximum atomic E-state index is 12.8. The van der Waals surface area contributed by atoms with E-state index < -0.39 is 29.3 Å². The van der Waals surface area contributed by atoms with E-state index in [1.165, 1.54) is 24.3 Å². The number of alkyl halides is 3. The van der Waals surface area contributed by atoms with Crippen LogP contribution in [0.2, 0.25) is 0 Å². The largest absolute Gasteiger partial charge is 0.417 e. The highest BCUT2D eigenvalue weighted by atomic mass is 19.4. The second kappa shape index (κ2) is 6.57. The molecule has 2 rings (SSSR count). The Bertz CT molecular complexity index is 731. The van der Waals surface area contributed by atoms with E-state index in [1.54, 1.807) is 6.07 Å². The molecule has 23 heavy (non-hydrogen) atoms. The SMILES string of the molecule is N#C[C@H](C(=O)Cc1ccc(F)cc1)c1ccc(C(F)(F)F)cn1. The molecule has 0 aliphatic heterocycles. The Morgan fingerprint density at radius 1 is 1.17 bits per heavy atom. The van der Waals surface area contributed by atoms with Crippen LogP contribution in [0.4, 0.5) is 17.6 Å². The molecule has 1 atom stereocenters. The summed E-state index contributed by atoms with van der Waals surface area (Å²) in [4.78, 5) is 15.7. The average Bonchev–Trinajstić information content (AvgIpc) is 2.50. The zero-order chi connectivity index (χ0) is 17.0. The molecule has 1 aromatic heterocycles. The number of pyridine rings is 1. The van der Waals surface area contributed by atoms with Crippen LogP contribution in [0.1, 0.15) is 22.7 Å². The van der Waals surface area contributed by atoms with Gasteiger partial charge in [-0.25, -0.2) is 4.39 Å². The van der Waals surface area contributed by atoms with E-state index >= 15 is 0 Å². The Balaban J connectivity index is 2.17. The summed E-state index contributed by atoms with van der Waals surface area (Å²) in [5.74, 6) is -2.25. The summed E-state index contributed by atoms with van der Waals surface area (Å²) in [6.07, 6.45) is -4.09. The number of hydrogen-bond acceptors (Lipinski definition) is 3. The Labute approximate surface area is 129 Å². The summed E-state index contributed by atoms with van der Waals surface area (Å²) < 4.78 is 50.2. The third kappa shape index (κ3) is 4.13. The van der Waals surface area contributed by atoms with E-state index in [-0.39, 0.29) is 12.1 Å². The molecule has 0 N–H and O–H groups in total. The van der Waals surface area contributed by atoms with Crippen molar-refractivity contribution in [2.45, 2.75) is 18.5 Å². The Morgan fingerprint density at radius 3 is 2.30 bits per heavy atom. The van der Waals surface area contributed by atoms with Crippen LogP contribution in [-0.4, -0.2) is 10.8 Å². The van der Waals surface area contributed by atoms with Crippen molar-refractivity contribution in [3.8, 4) is 6.07 Å². The monoisotopic (exact) mass is 322 g/mol. The quantitative estimate of drug-likeness (QED) is 0.807. The molecule has 0 saturated heterocycles. The van der Waals surface area contributed by atoms with Crippen LogP contribution < -0.4 is 0 Å². The molecule has 3 nitrogen and oxygen atoms in total. The standard InChI is InChI=1S/C16H10F4N2O/c17-12-4-1-10(2-5-12)7-15(23)13(8-21)14-6-3-11(9-22-14)16(18,19)20/h1-6,9,13H,7H2/t13-/m0/s1. The Hall–Kier alpha value is -2.75. The molecule has 2 aromatic rings. The highest BCUT2D eigenvalue weighted by molar-refractivity contribution is 5.89. The van der Waals surface area contributed by atoms with Crippen molar-refractivity contribution in [1.29, 1.82) is 5.26 Å². The van der Waals surface area contributed by atoms with Gasteiger partial charge < -0.3 is 0 Å². The van der Waals surface area contributed by atoms with Gasteiger partial charge in [-0.1, -0.05) is 12.1 Å². The van der Waals surface area contributed by atoms with Gasteiger partial charge in [0.1, 0.15) is 11.7 Å². The number of benzene rings is 1. The maximum Gasteiger partial charge on any atom is 0.417 e.